The molecular formula is C27H24N4O5. The summed E-state index contributed by atoms with van der Waals surface area (Å²) < 4.78 is 11.3. The number of para-hydroxylation sites is 1. The number of furan rings is 1. The summed E-state index contributed by atoms with van der Waals surface area (Å²) in [6.07, 6.45) is 2.29. The lowest BCUT2D eigenvalue weighted by Gasteiger charge is -2.33. The summed E-state index contributed by atoms with van der Waals surface area (Å²) in [5.41, 5.74) is 2.11. The van der Waals surface area contributed by atoms with E-state index >= 15 is 0 Å². The number of hydrazone groups is 1. The van der Waals surface area contributed by atoms with Crippen LogP contribution in [0.5, 0.6) is 5.75 Å². The predicted molar refractivity (Wildman–Crippen MR) is 129 cm³/mol. The lowest BCUT2D eigenvalue weighted by Crippen LogP contribution is -2.48. The highest BCUT2D eigenvalue weighted by Crippen LogP contribution is 2.41. The number of hydrogen-bond acceptors (Lipinski definition) is 6. The standard InChI is InChI=1S/C27H24N4O5/c1-17-8-10-18(11-9-17)20-15-21(23-7-4-13-35-23)31(29-20)24(32)16-30-25(33)27(28-26(30)34)12-14-36-22-6-3-2-5-19(22)27/h2-11,13,21H,12,14-16H2,1H3,(H,28,34)/t21-,27-/m1/s1. The summed E-state index contributed by atoms with van der Waals surface area (Å²) >= 11 is 0. The fraction of sp³-hybridized carbons (Fsp3) is 0.259. The first-order valence-corrected chi connectivity index (χ1v) is 11.8. The molecule has 1 fully saturated rings. The van der Waals surface area contributed by atoms with Crippen LogP contribution in [0.2, 0.25) is 0 Å². The molecule has 3 aromatic rings. The Hall–Kier alpha value is -4.40. The van der Waals surface area contributed by atoms with Crippen molar-refractivity contribution < 1.29 is 23.5 Å². The molecule has 4 heterocycles. The van der Waals surface area contributed by atoms with Crippen molar-refractivity contribution in [3.8, 4) is 5.75 Å². The highest BCUT2D eigenvalue weighted by Gasteiger charge is 2.55. The van der Waals surface area contributed by atoms with Crippen LogP contribution >= 0.6 is 0 Å². The zero-order valence-electron chi connectivity index (χ0n) is 19.6. The molecule has 0 radical (unpaired) electrons. The van der Waals surface area contributed by atoms with E-state index in [2.05, 4.69) is 10.4 Å². The van der Waals surface area contributed by atoms with Gasteiger partial charge in [-0.1, -0.05) is 48.0 Å². The molecule has 3 aliphatic heterocycles. The number of rotatable bonds is 4. The highest BCUT2D eigenvalue weighted by molar-refractivity contribution is 6.10. The van der Waals surface area contributed by atoms with Crippen molar-refractivity contribution in [1.82, 2.24) is 15.2 Å². The van der Waals surface area contributed by atoms with Crippen LogP contribution in [0.1, 0.15) is 41.3 Å². The van der Waals surface area contributed by atoms with E-state index in [-0.39, 0.29) is 13.0 Å². The Morgan fingerprint density at radius 2 is 1.92 bits per heavy atom. The Balaban J connectivity index is 1.29. The van der Waals surface area contributed by atoms with E-state index in [1.807, 2.05) is 37.3 Å². The Labute approximate surface area is 207 Å². The molecule has 2 aromatic carbocycles. The van der Waals surface area contributed by atoms with Gasteiger partial charge in [0.2, 0.25) is 0 Å². The third kappa shape index (κ3) is 3.46. The number of aryl methyl sites for hydroxylation is 1. The van der Waals surface area contributed by atoms with E-state index in [1.165, 1.54) is 5.01 Å². The average molecular weight is 485 g/mol. The first-order chi connectivity index (χ1) is 17.5. The highest BCUT2D eigenvalue weighted by atomic mass is 16.5. The van der Waals surface area contributed by atoms with Crippen molar-refractivity contribution in [3.63, 3.8) is 0 Å². The van der Waals surface area contributed by atoms with E-state index in [1.54, 1.807) is 36.6 Å². The number of benzene rings is 2. The fourth-order valence-corrected chi connectivity index (χ4v) is 5.09. The maximum Gasteiger partial charge on any atom is 0.325 e. The summed E-state index contributed by atoms with van der Waals surface area (Å²) in [7, 11) is 0. The van der Waals surface area contributed by atoms with E-state index in [0.29, 0.717) is 23.5 Å². The maximum absolute atomic E-state index is 13.6. The van der Waals surface area contributed by atoms with Crippen LogP contribution in [0.3, 0.4) is 0 Å². The Kier molecular flexibility index (Phi) is 5.13. The molecule has 1 spiro atoms. The first kappa shape index (κ1) is 22.1. The van der Waals surface area contributed by atoms with Gasteiger partial charge in [-0.15, -0.1) is 0 Å². The van der Waals surface area contributed by atoms with Gasteiger partial charge in [-0.05, 0) is 30.7 Å². The summed E-state index contributed by atoms with van der Waals surface area (Å²) in [5.74, 6) is 0.198. The molecule has 0 aliphatic carbocycles. The Morgan fingerprint density at radius 1 is 1.11 bits per heavy atom. The van der Waals surface area contributed by atoms with Gasteiger partial charge in [-0.2, -0.15) is 5.10 Å². The molecule has 36 heavy (non-hydrogen) atoms. The van der Waals surface area contributed by atoms with Crippen molar-refractivity contribution in [2.45, 2.75) is 31.3 Å². The monoisotopic (exact) mass is 484 g/mol. The molecule has 182 valence electrons. The van der Waals surface area contributed by atoms with Crippen LogP contribution in [0.25, 0.3) is 0 Å². The van der Waals surface area contributed by atoms with E-state index < -0.39 is 36.0 Å². The van der Waals surface area contributed by atoms with Gasteiger partial charge in [0.25, 0.3) is 11.8 Å². The molecule has 9 heteroatoms. The number of urea groups is 1. The van der Waals surface area contributed by atoms with Crippen LogP contribution in [0, 0.1) is 6.92 Å². The van der Waals surface area contributed by atoms with Gasteiger partial charge in [0.15, 0.2) is 5.54 Å². The molecule has 4 amide bonds. The van der Waals surface area contributed by atoms with E-state index in [0.717, 1.165) is 21.7 Å². The molecule has 3 aliphatic rings. The summed E-state index contributed by atoms with van der Waals surface area (Å²) in [5, 5.41) is 8.77. The van der Waals surface area contributed by atoms with Gasteiger partial charge in [-0.25, -0.2) is 9.80 Å². The quantitative estimate of drug-likeness (QED) is 0.571. The second kappa shape index (κ2) is 8.37. The number of imide groups is 1. The predicted octanol–water partition coefficient (Wildman–Crippen LogP) is 3.50. The molecule has 1 N–H and O–H groups in total. The molecular weight excluding hydrogens is 460 g/mol. The summed E-state index contributed by atoms with van der Waals surface area (Å²) in [4.78, 5) is 41.1. The van der Waals surface area contributed by atoms with Crippen LogP contribution in [-0.2, 0) is 15.1 Å². The zero-order chi connectivity index (χ0) is 24.9. The topological polar surface area (TPSA) is 104 Å². The van der Waals surface area contributed by atoms with Crippen molar-refractivity contribution >= 4 is 23.6 Å². The van der Waals surface area contributed by atoms with Gasteiger partial charge in [0, 0.05) is 18.4 Å². The third-order valence-corrected chi connectivity index (χ3v) is 6.97. The molecule has 0 saturated carbocycles. The van der Waals surface area contributed by atoms with Crippen LogP contribution in [0.15, 0.2) is 76.4 Å². The SMILES string of the molecule is Cc1ccc(C2=NN(C(=O)CN3C(=O)N[C@@]4(CCOc5ccccc54)C3=O)[C@@H](c3ccco3)C2)cc1. The van der Waals surface area contributed by atoms with Gasteiger partial charge >= 0.3 is 6.03 Å². The number of ether oxygens (including phenoxy) is 1. The van der Waals surface area contributed by atoms with Crippen molar-refractivity contribution in [2.75, 3.05) is 13.2 Å². The normalized spacial score (nSPS) is 22.9. The molecule has 6 rings (SSSR count). The molecule has 1 aromatic heterocycles. The minimum Gasteiger partial charge on any atom is -0.493 e. The van der Waals surface area contributed by atoms with Crippen LogP contribution < -0.4 is 10.1 Å². The molecule has 2 atom stereocenters. The third-order valence-electron chi connectivity index (χ3n) is 6.97. The smallest absolute Gasteiger partial charge is 0.325 e. The maximum atomic E-state index is 13.6. The van der Waals surface area contributed by atoms with Crippen molar-refractivity contribution in [1.29, 1.82) is 0 Å². The van der Waals surface area contributed by atoms with Crippen molar-refractivity contribution in [3.05, 3.63) is 89.4 Å². The molecule has 0 unspecified atom stereocenters. The summed E-state index contributed by atoms with van der Waals surface area (Å²) in [6.45, 7) is 1.85. The summed E-state index contributed by atoms with van der Waals surface area (Å²) in [6, 6.07) is 17.5. The minimum absolute atomic E-state index is 0.279. The van der Waals surface area contributed by atoms with Crippen LogP contribution in [0.4, 0.5) is 4.79 Å². The number of fused-ring (bicyclic) bond motifs is 2. The van der Waals surface area contributed by atoms with Crippen LogP contribution in [-0.4, -0.2) is 46.6 Å². The first-order valence-electron chi connectivity index (χ1n) is 11.8. The van der Waals surface area contributed by atoms with Gasteiger partial charge in [0.05, 0.1) is 18.6 Å². The Morgan fingerprint density at radius 3 is 2.69 bits per heavy atom. The van der Waals surface area contributed by atoms with Gasteiger partial charge in [0.1, 0.15) is 24.1 Å². The molecule has 9 nitrogen and oxygen atoms in total. The van der Waals surface area contributed by atoms with E-state index in [4.69, 9.17) is 9.15 Å². The van der Waals surface area contributed by atoms with E-state index in [9.17, 15) is 14.4 Å². The number of hydrogen-bond donors (Lipinski definition) is 1. The van der Waals surface area contributed by atoms with Gasteiger partial charge in [-0.3, -0.25) is 14.5 Å². The van der Waals surface area contributed by atoms with Crippen molar-refractivity contribution in [2.24, 2.45) is 5.10 Å². The number of nitrogens with one attached hydrogen (secondary N) is 1. The second-order valence-electron chi connectivity index (χ2n) is 9.21. The minimum atomic E-state index is -1.24. The number of amides is 4. The second-order valence-corrected chi connectivity index (χ2v) is 9.21. The zero-order valence-corrected chi connectivity index (χ0v) is 19.6. The largest absolute Gasteiger partial charge is 0.493 e. The lowest BCUT2D eigenvalue weighted by atomic mass is 9.84. The number of carbonyl (C=O) groups is 3. The molecule has 1 saturated heterocycles. The Bertz CT molecular complexity index is 1380. The average Bonchev–Trinajstić information content (AvgIpc) is 3.61. The van der Waals surface area contributed by atoms with Gasteiger partial charge < -0.3 is 14.5 Å². The molecule has 0 bridgehead atoms. The lowest BCUT2D eigenvalue weighted by molar-refractivity contribution is -0.140. The number of carbonyl (C=O) groups excluding carboxylic acids is 3. The fourth-order valence-electron chi connectivity index (χ4n) is 5.09. The number of nitrogens with zero attached hydrogens (tertiary/aromatic N) is 3.